The van der Waals surface area contributed by atoms with Crippen LogP contribution in [0.25, 0.3) is 10.9 Å². The van der Waals surface area contributed by atoms with Gasteiger partial charge in [0.2, 0.25) is 5.95 Å². The number of halogens is 2. The van der Waals surface area contributed by atoms with Crippen LogP contribution in [0.1, 0.15) is 0 Å². The van der Waals surface area contributed by atoms with Gasteiger partial charge in [-0.05, 0) is 18.3 Å². The zero-order chi connectivity index (χ0) is 10.1. The lowest BCUT2D eigenvalue weighted by Gasteiger charge is -1.88. The highest BCUT2D eigenvalue weighted by atomic mass is 32.1. The van der Waals surface area contributed by atoms with E-state index in [1.54, 1.807) is 18.2 Å². The van der Waals surface area contributed by atoms with E-state index in [0.29, 0.717) is 5.39 Å². The molecule has 0 atom stereocenters. The van der Waals surface area contributed by atoms with E-state index in [-0.39, 0.29) is 16.0 Å². The number of rotatable bonds is 1. The molecule has 14 heavy (non-hydrogen) atoms. The van der Waals surface area contributed by atoms with E-state index >= 15 is 0 Å². The predicted molar refractivity (Wildman–Crippen MR) is 53.1 cm³/mol. The van der Waals surface area contributed by atoms with E-state index in [9.17, 15) is 8.87 Å². The van der Waals surface area contributed by atoms with Crippen molar-refractivity contribution in [1.82, 2.24) is 4.79 Å². The molecule has 0 spiro atoms. The van der Waals surface area contributed by atoms with Crippen molar-refractivity contribution in [3.8, 4) is 0 Å². The molecular weight excluding hydrogens is 206 g/mol. The molecule has 0 fully saturated rings. The average Bonchev–Trinajstić information content (AvgIpc) is 2.45. The van der Waals surface area contributed by atoms with E-state index in [1.165, 1.54) is 6.07 Å². The summed E-state index contributed by atoms with van der Waals surface area (Å²) in [6.07, 6.45) is 0. The molecule has 0 aliphatic rings. The molecule has 70 valence electrons. The van der Waals surface area contributed by atoms with Gasteiger partial charge in [-0.1, -0.05) is 22.7 Å². The van der Waals surface area contributed by atoms with Gasteiger partial charge < -0.3 is 0 Å². The van der Waals surface area contributed by atoms with Gasteiger partial charge in [0.05, 0.1) is 10.7 Å². The normalized spacial score (nSPS) is 10.1. The number of aromatic nitrogens is 1. The third-order valence-electron chi connectivity index (χ3n) is 1.90. The Morgan fingerprint density at radius 1 is 1.36 bits per heavy atom. The van der Waals surface area contributed by atoms with Crippen LogP contribution in [-0.4, -0.2) is 9.95 Å². The Bertz CT molecular complexity index is 541. The first-order valence-electron chi connectivity index (χ1n) is 3.78. The van der Waals surface area contributed by atoms with Crippen molar-refractivity contribution in [2.75, 3.05) is 0 Å². The number of hydrogen-bond donors (Lipinski definition) is 0. The van der Waals surface area contributed by atoms with Crippen LogP contribution in [0.5, 0.6) is 0 Å². The van der Waals surface area contributed by atoms with Crippen molar-refractivity contribution in [3.05, 3.63) is 30.2 Å². The van der Waals surface area contributed by atoms with Gasteiger partial charge in [0.15, 0.2) is 0 Å². The Labute approximate surface area is 83.4 Å². The summed E-state index contributed by atoms with van der Waals surface area (Å²) in [5.41, 5.74) is 0.0205. The second kappa shape index (κ2) is 3.29. The van der Waals surface area contributed by atoms with Gasteiger partial charge >= 0.3 is 0 Å². The minimum absolute atomic E-state index is 0.0547. The smallest absolute Gasteiger partial charge is 0.189 e. The fourth-order valence-corrected chi connectivity index (χ4v) is 1.40. The van der Waals surface area contributed by atoms with E-state index in [0.717, 1.165) is 0 Å². The van der Waals surface area contributed by atoms with Gasteiger partial charge in [-0.25, -0.2) is 0 Å². The Balaban J connectivity index is 2.94. The Hall–Kier alpha value is -1.58. The number of nitrogens with zero attached hydrogens (tertiary/aromatic N) is 2. The maximum absolute atomic E-state index is 13.2. The summed E-state index contributed by atoms with van der Waals surface area (Å²) in [6, 6.07) is 6.31. The second-order valence-electron chi connectivity index (χ2n) is 2.64. The molecule has 0 bridgehead atoms. The van der Waals surface area contributed by atoms with Crippen molar-refractivity contribution in [2.24, 2.45) is 4.99 Å². The number of thiocarbonyl (C=S) groups is 1. The molecular formula is C9H4F2N2S. The van der Waals surface area contributed by atoms with Crippen molar-refractivity contribution in [1.29, 1.82) is 0 Å². The zero-order valence-corrected chi connectivity index (χ0v) is 7.68. The van der Waals surface area contributed by atoms with E-state index in [4.69, 9.17) is 0 Å². The van der Waals surface area contributed by atoms with Crippen LogP contribution in [0, 0.1) is 5.95 Å². The van der Waals surface area contributed by atoms with Gasteiger partial charge in [-0.2, -0.15) is 9.38 Å². The topological polar surface area (TPSA) is 17.3 Å². The third-order valence-corrected chi connectivity index (χ3v) is 1.99. The molecule has 0 saturated carbocycles. The van der Waals surface area contributed by atoms with Crippen LogP contribution in [0.15, 0.2) is 29.3 Å². The number of aliphatic imine (C=N–C) groups is 1. The number of para-hydroxylation sites is 1. The maximum atomic E-state index is 13.2. The number of isothiocyanates is 1. The van der Waals surface area contributed by atoms with Gasteiger partial charge in [0.25, 0.3) is 0 Å². The maximum Gasteiger partial charge on any atom is 0.249 e. The molecule has 0 aliphatic carbocycles. The van der Waals surface area contributed by atoms with Crippen LogP contribution < -0.4 is 0 Å². The molecule has 0 saturated heterocycles. The molecule has 2 rings (SSSR count). The summed E-state index contributed by atoms with van der Waals surface area (Å²) in [6.45, 7) is 0. The molecule has 0 radical (unpaired) electrons. The summed E-state index contributed by atoms with van der Waals surface area (Å²) in [7, 11) is 0. The third kappa shape index (κ3) is 1.14. The SMILES string of the molecule is Fc1c(N=C=S)c2ccccc2n1F. The predicted octanol–water partition coefficient (Wildman–Crippen LogP) is 3.25. The lowest BCUT2D eigenvalue weighted by Crippen LogP contribution is -1.83. The molecule has 0 aliphatic heterocycles. The number of fused-ring (bicyclic) bond motifs is 1. The van der Waals surface area contributed by atoms with Gasteiger partial charge in [-0.15, -0.1) is 4.79 Å². The lowest BCUT2D eigenvalue weighted by atomic mass is 10.2. The highest BCUT2D eigenvalue weighted by Crippen LogP contribution is 2.31. The van der Waals surface area contributed by atoms with Crippen LogP contribution in [-0.2, 0) is 0 Å². The van der Waals surface area contributed by atoms with Crippen molar-refractivity contribution < 1.29 is 8.87 Å². The molecule has 0 N–H and O–H groups in total. The first kappa shape index (κ1) is 8.99. The van der Waals surface area contributed by atoms with Crippen molar-refractivity contribution in [2.45, 2.75) is 0 Å². The minimum atomic E-state index is -1.05. The van der Waals surface area contributed by atoms with E-state index in [2.05, 4.69) is 17.2 Å². The van der Waals surface area contributed by atoms with Crippen molar-refractivity contribution in [3.63, 3.8) is 0 Å². The molecule has 2 aromatic rings. The van der Waals surface area contributed by atoms with Crippen LogP contribution in [0.4, 0.5) is 14.6 Å². The Kier molecular flexibility index (Phi) is 2.11. The van der Waals surface area contributed by atoms with Crippen LogP contribution >= 0.6 is 12.2 Å². The zero-order valence-electron chi connectivity index (χ0n) is 6.87. The second-order valence-corrected chi connectivity index (χ2v) is 2.82. The lowest BCUT2D eigenvalue weighted by molar-refractivity contribution is 0.315. The number of benzene rings is 1. The highest BCUT2D eigenvalue weighted by molar-refractivity contribution is 7.78. The standard InChI is InChI=1S/C9H4F2N2S/c10-9-8(12-5-14)6-3-1-2-4-7(6)13(9)11/h1-4H. The number of hydrogen-bond acceptors (Lipinski definition) is 2. The van der Waals surface area contributed by atoms with Crippen LogP contribution in [0.2, 0.25) is 0 Å². The molecule has 5 heteroatoms. The van der Waals surface area contributed by atoms with E-state index < -0.39 is 5.95 Å². The highest BCUT2D eigenvalue weighted by Gasteiger charge is 2.15. The molecule has 1 heterocycles. The first-order valence-corrected chi connectivity index (χ1v) is 4.19. The summed E-state index contributed by atoms with van der Waals surface area (Å²) in [5.74, 6) is -1.05. The fourth-order valence-electron chi connectivity index (χ4n) is 1.31. The molecule has 2 nitrogen and oxygen atoms in total. The monoisotopic (exact) mass is 210 g/mol. The van der Waals surface area contributed by atoms with E-state index in [1.807, 2.05) is 5.16 Å². The molecule has 1 aromatic heterocycles. The Morgan fingerprint density at radius 2 is 2.07 bits per heavy atom. The summed E-state index contributed by atoms with van der Waals surface area (Å²) >= 11 is 4.35. The largest absolute Gasteiger partial charge is 0.249 e. The fraction of sp³-hybridized carbons (Fsp3) is 0. The van der Waals surface area contributed by atoms with Crippen LogP contribution in [0.3, 0.4) is 0 Å². The van der Waals surface area contributed by atoms with Gasteiger partial charge in [0.1, 0.15) is 5.69 Å². The van der Waals surface area contributed by atoms with Crippen molar-refractivity contribution >= 4 is 34.0 Å². The average molecular weight is 210 g/mol. The molecule has 0 unspecified atom stereocenters. The summed E-state index contributed by atoms with van der Waals surface area (Å²) in [4.78, 5) is 3.43. The quantitative estimate of drug-likeness (QED) is 0.521. The Morgan fingerprint density at radius 3 is 2.79 bits per heavy atom. The summed E-state index contributed by atoms with van der Waals surface area (Å²) < 4.78 is 26.4. The molecule has 1 aromatic carbocycles. The van der Waals surface area contributed by atoms with Gasteiger partial charge in [0, 0.05) is 5.39 Å². The molecule has 0 amide bonds. The van der Waals surface area contributed by atoms with Gasteiger partial charge in [-0.3, -0.25) is 0 Å². The summed E-state index contributed by atoms with van der Waals surface area (Å²) in [5, 5.41) is 2.40. The minimum Gasteiger partial charge on any atom is -0.189 e. The first-order chi connectivity index (χ1) is 6.75.